The Kier molecular flexibility index (Phi) is 3.77. The van der Waals surface area contributed by atoms with Crippen LogP contribution in [0.1, 0.15) is 33.3 Å². The Morgan fingerprint density at radius 3 is 2.10 bits per heavy atom. The van der Waals surface area contributed by atoms with Crippen molar-refractivity contribution >= 4 is 27.9 Å². The van der Waals surface area contributed by atoms with Gasteiger partial charge in [-0.1, -0.05) is 31.6 Å². The summed E-state index contributed by atoms with van der Waals surface area (Å²) in [6.45, 7) is 7.15. The van der Waals surface area contributed by atoms with E-state index in [2.05, 4.69) is 4.40 Å². The van der Waals surface area contributed by atoms with E-state index >= 15 is 0 Å². The summed E-state index contributed by atoms with van der Waals surface area (Å²) in [5.41, 5.74) is 0.307. The Morgan fingerprint density at radius 2 is 1.65 bits per heavy atom. The maximum atomic E-state index is 12.7. The number of nitrogens with zero attached hydrogens (tertiary/aromatic N) is 1. The summed E-state index contributed by atoms with van der Waals surface area (Å²) in [6, 6.07) is 3.12. The van der Waals surface area contributed by atoms with E-state index in [9.17, 15) is 19.4 Å². The topological polar surface area (TPSA) is 12.4 Å². The molecule has 0 bridgehead atoms. The lowest BCUT2D eigenvalue weighted by molar-refractivity contribution is 0.364. The molecule has 0 fully saturated rings. The maximum absolute atomic E-state index is 12.7. The first-order valence-electron chi connectivity index (χ1n) is 5.66. The normalized spacial score (nSPS) is 17.6. The molecule has 1 aromatic carbocycles. The summed E-state index contributed by atoms with van der Waals surface area (Å²) < 4.78 is 67.5. The average Bonchev–Trinajstić information content (AvgIpc) is 2.22. The van der Waals surface area contributed by atoms with Gasteiger partial charge in [0.2, 0.25) is 0 Å². The van der Waals surface area contributed by atoms with Crippen molar-refractivity contribution in [1.82, 2.24) is 0 Å². The fraction of sp³-hybridized carbons (Fsp3) is 0.417. The zero-order valence-electron chi connectivity index (χ0n) is 11.5. The van der Waals surface area contributed by atoms with E-state index in [4.69, 9.17) is 0 Å². The first-order valence-corrected chi connectivity index (χ1v) is 8.38. The van der Waals surface area contributed by atoms with Crippen molar-refractivity contribution in [2.45, 2.75) is 37.3 Å². The van der Waals surface area contributed by atoms with Crippen LogP contribution in [0.15, 0.2) is 33.6 Å². The smallest absolute Gasteiger partial charge is 0.220 e. The largest absolute Gasteiger partial charge is 0.310 e. The summed E-state index contributed by atoms with van der Waals surface area (Å²) >= 11 is 1.18. The molecule has 0 saturated carbocycles. The van der Waals surface area contributed by atoms with E-state index < -0.39 is 15.1 Å². The number of benzene rings is 1. The molecule has 0 aliphatic heterocycles. The highest BCUT2D eigenvalue weighted by Crippen LogP contribution is 3.02. The summed E-state index contributed by atoms with van der Waals surface area (Å²) in [5, 5.41) is 0. The van der Waals surface area contributed by atoms with Crippen LogP contribution in [0.5, 0.6) is 0 Å². The van der Waals surface area contributed by atoms with Crippen molar-refractivity contribution in [2.24, 2.45) is 4.40 Å². The average molecular weight is 333 g/mol. The molecule has 116 valence electrons. The molecule has 0 unspecified atom stereocenters. The molecule has 1 rings (SSSR count). The van der Waals surface area contributed by atoms with Gasteiger partial charge in [0.1, 0.15) is 4.90 Å². The third-order valence-corrected chi connectivity index (χ3v) is 4.21. The van der Waals surface area contributed by atoms with Crippen LogP contribution in [0.4, 0.5) is 19.4 Å². The first-order chi connectivity index (χ1) is 8.58. The van der Waals surface area contributed by atoms with Crippen LogP contribution in [0.3, 0.4) is 0 Å². The molecule has 0 spiro atoms. The zero-order chi connectivity index (χ0) is 15.9. The second-order valence-electron chi connectivity index (χ2n) is 5.38. The molecule has 0 saturated heterocycles. The van der Waals surface area contributed by atoms with Crippen molar-refractivity contribution in [3.05, 3.63) is 29.8 Å². The monoisotopic (exact) mass is 333 g/mol. The first kappa shape index (κ1) is 17.3. The van der Waals surface area contributed by atoms with Gasteiger partial charge >= 0.3 is 10.2 Å². The van der Waals surface area contributed by atoms with E-state index in [-0.39, 0.29) is 16.0 Å². The van der Waals surface area contributed by atoms with Crippen molar-refractivity contribution in [3.8, 4) is 0 Å². The highest BCUT2D eigenvalue weighted by atomic mass is 32.5. The summed E-state index contributed by atoms with van der Waals surface area (Å²) in [6.07, 6.45) is 0. The van der Waals surface area contributed by atoms with E-state index in [1.807, 2.05) is 20.8 Å². The van der Waals surface area contributed by atoms with Crippen LogP contribution in [0, 0.1) is 0 Å². The van der Waals surface area contributed by atoms with E-state index in [1.165, 1.54) is 24.9 Å². The minimum Gasteiger partial charge on any atom is -0.220 e. The van der Waals surface area contributed by atoms with Gasteiger partial charge in [0, 0.05) is 4.75 Å². The van der Waals surface area contributed by atoms with Gasteiger partial charge in [-0.15, -0.1) is 0 Å². The Labute approximate surface area is 119 Å². The van der Waals surface area contributed by atoms with Crippen LogP contribution in [0.25, 0.3) is 0 Å². The molecule has 20 heavy (non-hydrogen) atoms. The second-order valence-corrected chi connectivity index (χ2v) is 9.38. The molecule has 0 atom stereocenters. The molecular formula is C12H16F5NS2. The minimum absolute atomic E-state index is 0.0347. The second kappa shape index (κ2) is 4.37. The Balaban J connectivity index is 3.20. The Morgan fingerprint density at radius 1 is 1.10 bits per heavy atom. The molecule has 0 heterocycles. The third kappa shape index (κ3) is 5.32. The van der Waals surface area contributed by atoms with Gasteiger partial charge in [-0.2, -0.15) is 0 Å². The highest BCUT2D eigenvalue weighted by molar-refractivity contribution is 8.45. The lowest BCUT2D eigenvalue weighted by atomic mass is 10.1. The minimum atomic E-state index is -9.64. The molecule has 1 nitrogen and oxygen atoms in total. The van der Waals surface area contributed by atoms with Crippen LogP contribution >= 0.6 is 22.2 Å². The van der Waals surface area contributed by atoms with Gasteiger partial charge in [0.25, 0.3) is 0 Å². The molecular weight excluding hydrogens is 317 g/mol. The van der Waals surface area contributed by atoms with Crippen LogP contribution in [-0.4, -0.2) is 10.5 Å². The lowest BCUT2D eigenvalue weighted by Gasteiger charge is -2.40. The summed E-state index contributed by atoms with van der Waals surface area (Å²) in [5.74, 6) is 0. The van der Waals surface area contributed by atoms with Crippen LogP contribution in [-0.2, 0) is 0 Å². The van der Waals surface area contributed by atoms with E-state index in [0.717, 1.165) is 6.07 Å². The molecule has 1 aromatic rings. The molecule has 0 aromatic heterocycles. The highest BCUT2D eigenvalue weighted by Gasteiger charge is 2.65. The predicted octanol–water partition coefficient (Wildman–Crippen LogP) is 6.60. The number of hydrogen-bond acceptors (Lipinski definition) is 2. The predicted molar refractivity (Wildman–Crippen MR) is 77.4 cm³/mol. The molecule has 0 radical (unpaired) electrons. The SMILES string of the molecule is C/C(=N\SC(C)(C)C)c1cccc(S(F)(F)(F)(F)F)c1. The van der Waals surface area contributed by atoms with Gasteiger partial charge in [-0.3, -0.25) is 0 Å². The number of halogens is 5. The van der Waals surface area contributed by atoms with Crippen LogP contribution in [0.2, 0.25) is 0 Å². The molecule has 0 amide bonds. The van der Waals surface area contributed by atoms with Crippen molar-refractivity contribution in [1.29, 1.82) is 0 Å². The molecule has 8 heteroatoms. The fourth-order valence-corrected chi connectivity index (χ4v) is 2.42. The summed E-state index contributed by atoms with van der Waals surface area (Å²) in [7, 11) is -9.64. The van der Waals surface area contributed by atoms with Gasteiger partial charge < -0.3 is 0 Å². The fourth-order valence-electron chi connectivity index (χ4n) is 1.22. The quantitative estimate of drug-likeness (QED) is 0.345. The Hall–Kier alpha value is -0.760. The van der Waals surface area contributed by atoms with Gasteiger partial charge in [0.15, 0.2) is 0 Å². The van der Waals surface area contributed by atoms with Crippen molar-refractivity contribution < 1.29 is 19.4 Å². The van der Waals surface area contributed by atoms with Gasteiger partial charge in [0.05, 0.1) is 5.71 Å². The molecule has 0 aliphatic rings. The van der Waals surface area contributed by atoms with Gasteiger partial charge in [-0.05, 0) is 57.3 Å². The lowest BCUT2D eigenvalue weighted by Crippen LogP contribution is -2.08. The number of rotatable bonds is 3. The van der Waals surface area contributed by atoms with Crippen molar-refractivity contribution in [2.75, 3.05) is 0 Å². The Bertz CT molecular complexity index is 543. The van der Waals surface area contributed by atoms with Gasteiger partial charge in [-0.25, -0.2) is 4.40 Å². The zero-order valence-corrected chi connectivity index (χ0v) is 13.1. The summed E-state index contributed by atoms with van der Waals surface area (Å²) in [4.78, 5) is -1.89. The molecule has 0 N–H and O–H groups in total. The van der Waals surface area contributed by atoms with E-state index in [0.29, 0.717) is 12.1 Å². The van der Waals surface area contributed by atoms with E-state index in [1.54, 1.807) is 0 Å². The van der Waals surface area contributed by atoms with Crippen molar-refractivity contribution in [3.63, 3.8) is 0 Å². The maximum Gasteiger partial charge on any atom is 0.310 e. The third-order valence-electron chi connectivity index (χ3n) is 2.15. The van der Waals surface area contributed by atoms with Crippen LogP contribution < -0.4 is 0 Å². The standard InChI is InChI=1S/C12H16F5NS2/c1-9(18-19-12(2,3)4)10-6-5-7-11(8-10)20(13,14,15,16)17/h5-8H,1-4H3/b18-9+. The number of hydrogen-bond donors (Lipinski definition) is 0. The molecule has 0 aliphatic carbocycles.